The van der Waals surface area contributed by atoms with Gasteiger partial charge in [0, 0.05) is 5.57 Å². The lowest BCUT2D eigenvalue weighted by atomic mass is 10.0. The molecular weight excluding hydrogens is 212 g/mol. The van der Waals surface area contributed by atoms with Crippen molar-refractivity contribution in [2.45, 2.75) is 6.42 Å². The summed E-state index contributed by atoms with van der Waals surface area (Å²) in [6, 6.07) is 0. The molecular formula is C7H7BrO3. The minimum atomic E-state index is -0.0845. The van der Waals surface area contributed by atoms with E-state index in [-0.39, 0.29) is 22.8 Å². The van der Waals surface area contributed by atoms with Crippen LogP contribution in [0.1, 0.15) is 6.42 Å². The van der Waals surface area contributed by atoms with Gasteiger partial charge in [0.25, 0.3) is 0 Å². The first-order chi connectivity index (χ1) is 4.88. The number of halogens is 1. The number of carbonyl (C=O) groups excluding carboxylic acids is 1. The highest BCUT2D eigenvalue weighted by Crippen LogP contribution is 2.23. The number of allylic oxidation sites excluding steroid dienone is 2. The average Bonchev–Trinajstić information content (AvgIpc) is 2.36. The Balaban J connectivity index is 0.000000605. The van der Waals surface area contributed by atoms with Gasteiger partial charge in [-0.3, -0.25) is 4.79 Å². The summed E-state index contributed by atoms with van der Waals surface area (Å²) in [5.74, 6) is 0.307. The molecule has 0 N–H and O–H groups in total. The van der Waals surface area contributed by atoms with Crippen LogP contribution < -0.4 is 0 Å². The molecule has 11 heavy (non-hydrogen) atoms. The summed E-state index contributed by atoms with van der Waals surface area (Å²) in [5.41, 5.74) is 0.951. The quantitative estimate of drug-likeness (QED) is 0.576. The maximum atomic E-state index is 10.9. The van der Waals surface area contributed by atoms with Gasteiger partial charge < -0.3 is 4.89 Å². The van der Waals surface area contributed by atoms with Crippen LogP contribution >= 0.6 is 17.0 Å². The third kappa shape index (κ3) is 1.36. The van der Waals surface area contributed by atoms with Crippen LogP contribution in [0.3, 0.4) is 0 Å². The third-order valence-electron chi connectivity index (χ3n) is 1.55. The van der Waals surface area contributed by atoms with Crippen LogP contribution in [0.25, 0.3) is 0 Å². The lowest BCUT2D eigenvalue weighted by Crippen LogP contribution is -2.03. The van der Waals surface area contributed by atoms with Crippen molar-refractivity contribution in [3.63, 3.8) is 0 Å². The first kappa shape index (κ1) is 8.49. The van der Waals surface area contributed by atoms with E-state index in [4.69, 9.17) is 0 Å². The molecule has 0 saturated carbocycles. The first-order valence-electron chi connectivity index (χ1n) is 3.10. The molecule has 2 rings (SSSR count). The second-order valence-corrected chi connectivity index (χ2v) is 2.25. The van der Waals surface area contributed by atoms with E-state index < -0.39 is 0 Å². The van der Waals surface area contributed by atoms with Gasteiger partial charge in [-0.1, -0.05) is 6.08 Å². The number of hydrogen-bond donors (Lipinski definition) is 0. The maximum Gasteiger partial charge on any atom is 0.224 e. The molecule has 1 aliphatic carbocycles. The third-order valence-corrected chi connectivity index (χ3v) is 1.55. The zero-order valence-electron chi connectivity index (χ0n) is 5.70. The van der Waals surface area contributed by atoms with Gasteiger partial charge >= 0.3 is 0 Å². The van der Waals surface area contributed by atoms with Gasteiger partial charge in [-0.2, -0.15) is 4.89 Å². The standard InChI is InChI=1S/C7H6O3.BrH/c8-6-3-1-2-5-4-9-10-7(5)6;/h1,3H,2,4H2;1H. The maximum absolute atomic E-state index is 10.9. The molecule has 4 heteroatoms. The summed E-state index contributed by atoms with van der Waals surface area (Å²) in [6.45, 7) is 0.436. The summed E-state index contributed by atoms with van der Waals surface area (Å²) < 4.78 is 0. The molecule has 0 aromatic heterocycles. The van der Waals surface area contributed by atoms with Crippen molar-refractivity contribution in [1.29, 1.82) is 0 Å². The van der Waals surface area contributed by atoms with Crippen LogP contribution in [0.2, 0.25) is 0 Å². The smallest absolute Gasteiger partial charge is 0.224 e. The molecule has 0 aromatic rings. The van der Waals surface area contributed by atoms with Crippen LogP contribution in [-0.2, 0) is 14.6 Å². The minimum absolute atomic E-state index is 0. The van der Waals surface area contributed by atoms with Crippen LogP contribution in [-0.4, -0.2) is 12.4 Å². The van der Waals surface area contributed by atoms with Crippen molar-refractivity contribution in [1.82, 2.24) is 0 Å². The molecule has 0 amide bonds. The lowest BCUT2D eigenvalue weighted by molar-refractivity contribution is -0.233. The minimum Gasteiger partial charge on any atom is -0.333 e. The predicted octanol–water partition coefficient (Wildman–Crippen LogP) is 1.31. The van der Waals surface area contributed by atoms with Gasteiger partial charge in [0.15, 0.2) is 0 Å². The van der Waals surface area contributed by atoms with Gasteiger partial charge in [0.1, 0.15) is 6.61 Å². The highest BCUT2D eigenvalue weighted by Gasteiger charge is 2.24. The molecule has 0 radical (unpaired) electrons. The normalized spacial score (nSPS) is 20.9. The Hall–Kier alpha value is -0.610. The van der Waals surface area contributed by atoms with Gasteiger partial charge in [-0.05, 0) is 12.5 Å². The Labute approximate surface area is 74.4 Å². The van der Waals surface area contributed by atoms with Crippen molar-refractivity contribution in [3.8, 4) is 0 Å². The van der Waals surface area contributed by atoms with Gasteiger partial charge in [-0.25, -0.2) is 0 Å². The largest absolute Gasteiger partial charge is 0.333 e. The van der Waals surface area contributed by atoms with E-state index in [0.717, 1.165) is 12.0 Å². The fourth-order valence-corrected chi connectivity index (χ4v) is 1.03. The van der Waals surface area contributed by atoms with Crippen LogP contribution in [0.5, 0.6) is 0 Å². The molecule has 0 spiro atoms. The average molecular weight is 219 g/mol. The van der Waals surface area contributed by atoms with Crippen molar-refractivity contribution in [3.05, 3.63) is 23.5 Å². The number of carbonyl (C=O) groups is 1. The fraction of sp³-hybridized carbons (Fsp3) is 0.286. The van der Waals surface area contributed by atoms with E-state index in [1.54, 1.807) is 0 Å². The Morgan fingerprint density at radius 2 is 2.27 bits per heavy atom. The molecule has 0 unspecified atom stereocenters. The van der Waals surface area contributed by atoms with Crippen LogP contribution in [0.4, 0.5) is 0 Å². The second kappa shape index (κ2) is 3.19. The summed E-state index contributed by atoms with van der Waals surface area (Å²) in [7, 11) is 0. The summed E-state index contributed by atoms with van der Waals surface area (Å²) in [4.78, 5) is 20.2. The summed E-state index contributed by atoms with van der Waals surface area (Å²) in [5, 5.41) is 0. The number of ketones is 1. The molecule has 2 aliphatic rings. The summed E-state index contributed by atoms with van der Waals surface area (Å²) in [6.07, 6.45) is 4.10. The van der Waals surface area contributed by atoms with E-state index in [9.17, 15) is 4.79 Å². The Kier molecular flexibility index (Phi) is 2.46. The second-order valence-electron chi connectivity index (χ2n) is 2.25. The molecule has 0 fully saturated rings. The molecule has 1 heterocycles. The van der Waals surface area contributed by atoms with E-state index in [2.05, 4.69) is 9.78 Å². The first-order valence-corrected chi connectivity index (χ1v) is 3.10. The topological polar surface area (TPSA) is 35.5 Å². The van der Waals surface area contributed by atoms with Gasteiger partial charge in [0.2, 0.25) is 11.5 Å². The lowest BCUT2D eigenvalue weighted by Gasteiger charge is -2.00. The zero-order chi connectivity index (χ0) is 6.97. The molecule has 60 valence electrons. The van der Waals surface area contributed by atoms with Gasteiger partial charge in [0.05, 0.1) is 0 Å². The van der Waals surface area contributed by atoms with Crippen LogP contribution in [0, 0.1) is 0 Å². The number of hydrogen-bond acceptors (Lipinski definition) is 3. The predicted molar refractivity (Wildman–Crippen MR) is 43.1 cm³/mol. The molecule has 0 bridgehead atoms. The van der Waals surface area contributed by atoms with E-state index >= 15 is 0 Å². The van der Waals surface area contributed by atoms with Crippen molar-refractivity contribution in [2.75, 3.05) is 6.61 Å². The molecule has 1 aliphatic heterocycles. The van der Waals surface area contributed by atoms with Crippen LogP contribution in [0.15, 0.2) is 23.5 Å². The molecule has 0 atom stereocenters. The molecule has 0 aromatic carbocycles. The highest BCUT2D eigenvalue weighted by atomic mass is 79.9. The van der Waals surface area contributed by atoms with E-state index in [1.807, 2.05) is 6.08 Å². The Morgan fingerprint density at radius 1 is 1.45 bits per heavy atom. The van der Waals surface area contributed by atoms with E-state index in [0.29, 0.717) is 12.4 Å². The monoisotopic (exact) mass is 218 g/mol. The van der Waals surface area contributed by atoms with Crippen molar-refractivity contribution < 1.29 is 14.6 Å². The fourth-order valence-electron chi connectivity index (χ4n) is 1.03. The SMILES string of the molecule is Br.O=C1C=CCC2=C1OOC2. The molecule has 0 saturated heterocycles. The highest BCUT2D eigenvalue weighted by molar-refractivity contribution is 8.93. The molecule has 3 nitrogen and oxygen atoms in total. The number of rotatable bonds is 0. The Bertz CT molecular complexity index is 242. The van der Waals surface area contributed by atoms with Gasteiger partial charge in [-0.15, -0.1) is 17.0 Å². The van der Waals surface area contributed by atoms with E-state index in [1.165, 1.54) is 6.08 Å². The summed E-state index contributed by atoms with van der Waals surface area (Å²) >= 11 is 0. The zero-order valence-corrected chi connectivity index (χ0v) is 7.41. The van der Waals surface area contributed by atoms with Crippen molar-refractivity contribution in [2.24, 2.45) is 0 Å². The Morgan fingerprint density at radius 3 is 3.00 bits per heavy atom. The van der Waals surface area contributed by atoms with Crippen molar-refractivity contribution >= 4 is 22.8 Å².